The van der Waals surface area contributed by atoms with E-state index in [1.165, 1.54) is 25.3 Å². The molecule has 0 bridgehead atoms. The molecule has 0 fully saturated rings. The van der Waals surface area contributed by atoms with Crippen molar-refractivity contribution in [2.45, 2.75) is 13.0 Å². The van der Waals surface area contributed by atoms with Crippen molar-refractivity contribution in [3.05, 3.63) is 63.1 Å². The standard InChI is InChI=1S/C16H16BrF2NO/c1-9-4-10(6-11(18)5-9)16(20-2)12-7-13(17)14(19)8-15(12)21-3/h4-8,16,20H,1-3H3. The number of methoxy groups -OCH3 is 1. The van der Waals surface area contributed by atoms with Crippen LogP contribution in [0.5, 0.6) is 5.75 Å². The summed E-state index contributed by atoms with van der Waals surface area (Å²) in [6, 6.07) is 7.48. The fourth-order valence-electron chi connectivity index (χ4n) is 2.38. The zero-order valence-corrected chi connectivity index (χ0v) is 13.6. The molecule has 1 atom stereocenters. The summed E-state index contributed by atoms with van der Waals surface area (Å²) in [7, 11) is 3.25. The normalized spacial score (nSPS) is 12.3. The molecule has 0 saturated heterocycles. The highest BCUT2D eigenvalue weighted by Gasteiger charge is 2.19. The molecule has 1 unspecified atom stereocenters. The van der Waals surface area contributed by atoms with Crippen molar-refractivity contribution >= 4 is 15.9 Å². The van der Waals surface area contributed by atoms with Crippen molar-refractivity contribution in [2.24, 2.45) is 0 Å². The van der Waals surface area contributed by atoms with Gasteiger partial charge in [0.25, 0.3) is 0 Å². The van der Waals surface area contributed by atoms with Crippen LogP contribution in [0.15, 0.2) is 34.8 Å². The van der Waals surface area contributed by atoms with Gasteiger partial charge in [0.15, 0.2) is 0 Å². The van der Waals surface area contributed by atoms with Crippen LogP contribution in [0.1, 0.15) is 22.7 Å². The van der Waals surface area contributed by atoms with Gasteiger partial charge in [0.1, 0.15) is 17.4 Å². The van der Waals surface area contributed by atoms with E-state index in [2.05, 4.69) is 21.2 Å². The van der Waals surface area contributed by atoms with Crippen LogP contribution in [0, 0.1) is 18.6 Å². The Morgan fingerprint density at radius 3 is 2.43 bits per heavy atom. The van der Waals surface area contributed by atoms with E-state index in [9.17, 15) is 8.78 Å². The highest BCUT2D eigenvalue weighted by Crippen LogP contribution is 2.34. The summed E-state index contributed by atoms with van der Waals surface area (Å²) < 4.78 is 32.9. The summed E-state index contributed by atoms with van der Waals surface area (Å²) in [5, 5.41) is 3.12. The van der Waals surface area contributed by atoms with E-state index in [0.717, 1.165) is 16.7 Å². The molecule has 21 heavy (non-hydrogen) atoms. The molecular formula is C16H16BrF2NO. The Bertz CT molecular complexity index is 641. The largest absolute Gasteiger partial charge is 0.496 e. The third kappa shape index (κ3) is 3.41. The Hall–Kier alpha value is -1.46. The van der Waals surface area contributed by atoms with Gasteiger partial charge < -0.3 is 10.1 Å². The third-order valence-electron chi connectivity index (χ3n) is 3.27. The Labute approximate surface area is 131 Å². The lowest BCUT2D eigenvalue weighted by molar-refractivity contribution is 0.401. The van der Waals surface area contributed by atoms with Crippen LogP contribution in [0.3, 0.4) is 0 Å². The predicted molar refractivity (Wildman–Crippen MR) is 82.7 cm³/mol. The van der Waals surface area contributed by atoms with Crippen molar-refractivity contribution < 1.29 is 13.5 Å². The molecule has 0 aliphatic carbocycles. The summed E-state index contributed by atoms with van der Waals surface area (Å²) in [4.78, 5) is 0. The van der Waals surface area contributed by atoms with Crippen LogP contribution in [0.25, 0.3) is 0 Å². The van der Waals surface area contributed by atoms with Gasteiger partial charge >= 0.3 is 0 Å². The van der Waals surface area contributed by atoms with Crippen molar-refractivity contribution in [1.29, 1.82) is 0 Å². The summed E-state index contributed by atoms with van der Waals surface area (Å²) in [6.07, 6.45) is 0. The molecule has 0 radical (unpaired) electrons. The molecule has 0 heterocycles. The first-order valence-electron chi connectivity index (χ1n) is 6.43. The fourth-order valence-corrected chi connectivity index (χ4v) is 2.74. The predicted octanol–water partition coefficient (Wildman–Crippen LogP) is 4.35. The number of nitrogens with one attached hydrogen (secondary N) is 1. The van der Waals surface area contributed by atoms with Crippen LogP contribution in [0.2, 0.25) is 0 Å². The molecule has 0 aliphatic heterocycles. The summed E-state index contributed by atoms with van der Waals surface area (Å²) in [5.74, 6) is -0.289. The maximum absolute atomic E-state index is 13.6. The molecule has 2 aromatic carbocycles. The minimum absolute atomic E-state index is 0.300. The van der Waals surface area contributed by atoms with Gasteiger partial charge in [0, 0.05) is 11.6 Å². The SMILES string of the molecule is CNC(c1cc(C)cc(F)c1)c1cc(Br)c(F)cc1OC. The molecule has 0 aliphatic rings. The van der Waals surface area contributed by atoms with Gasteiger partial charge in [-0.25, -0.2) is 8.78 Å². The van der Waals surface area contributed by atoms with E-state index in [-0.39, 0.29) is 11.9 Å². The number of hydrogen-bond acceptors (Lipinski definition) is 2. The van der Waals surface area contributed by atoms with Crippen molar-refractivity contribution in [1.82, 2.24) is 5.32 Å². The summed E-state index contributed by atoms with van der Waals surface area (Å²) >= 11 is 3.18. The molecule has 5 heteroatoms. The second-order valence-electron chi connectivity index (χ2n) is 4.79. The van der Waals surface area contributed by atoms with E-state index < -0.39 is 5.82 Å². The Balaban J connectivity index is 2.58. The number of aryl methyl sites for hydroxylation is 1. The maximum Gasteiger partial charge on any atom is 0.141 e. The Morgan fingerprint density at radius 1 is 1.14 bits per heavy atom. The van der Waals surface area contributed by atoms with E-state index >= 15 is 0 Å². The lowest BCUT2D eigenvalue weighted by Gasteiger charge is -2.21. The molecule has 0 amide bonds. The smallest absolute Gasteiger partial charge is 0.141 e. The van der Waals surface area contributed by atoms with Gasteiger partial charge in [-0.05, 0) is 59.2 Å². The van der Waals surface area contributed by atoms with Crippen LogP contribution in [0.4, 0.5) is 8.78 Å². The fraction of sp³-hybridized carbons (Fsp3) is 0.250. The van der Waals surface area contributed by atoms with Gasteiger partial charge in [0.2, 0.25) is 0 Å². The quantitative estimate of drug-likeness (QED) is 0.879. The number of ether oxygens (including phenoxy) is 1. The first-order chi connectivity index (χ1) is 9.96. The minimum Gasteiger partial charge on any atom is -0.496 e. The molecule has 112 valence electrons. The summed E-state index contributed by atoms with van der Waals surface area (Å²) in [5.41, 5.74) is 2.32. The highest BCUT2D eigenvalue weighted by molar-refractivity contribution is 9.10. The zero-order valence-electron chi connectivity index (χ0n) is 12.0. The third-order valence-corrected chi connectivity index (χ3v) is 3.88. The number of halogens is 3. The van der Waals surface area contributed by atoms with Crippen molar-refractivity contribution in [2.75, 3.05) is 14.2 Å². The molecule has 2 aromatic rings. The molecule has 2 rings (SSSR count). The lowest BCUT2D eigenvalue weighted by atomic mass is 9.96. The Morgan fingerprint density at radius 2 is 1.86 bits per heavy atom. The van der Waals surface area contributed by atoms with Crippen molar-refractivity contribution in [3.8, 4) is 5.75 Å². The van der Waals surface area contributed by atoms with E-state index in [1.807, 2.05) is 13.0 Å². The van der Waals surface area contributed by atoms with Gasteiger partial charge in [0.05, 0.1) is 17.6 Å². The highest BCUT2D eigenvalue weighted by atomic mass is 79.9. The summed E-state index contributed by atoms with van der Waals surface area (Å²) in [6.45, 7) is 1.83. The van der Waals surface area contributed by atoms with E-state index in [0.29, 0.717) is 10.2 Å². The topological polar surface area (TPSA) is 21.3 Å². The lowest BCUT2D eigenvalue weighted by Crippen LogP contribution is -2.19. The minimum atomic E-state index is -0.402. The van der Waals surface area contributed by atoms with Crippen LogP contribution >= 0.6 is 15.9 Å². The number of hydrogen-bond donors (Lipinski definition) is 1. The number of benzene rings is 2. The van der Waals surface area contributed by atoms with Gasteiger partial charge in [-0.1, -0.05) is 6.07 Å². The van der Waals surface area contributed by atoms with E-state index in [4.69, 9.17) is 4.74 Å². The van der Waals surface area contributed by atoms with Gasteiger partial charge in [-0.3, -0.25) is 0 Å². The van der Waals surface area contributed by atoms with Crippen LogP contribution in [-0.4, -0.2) is 14.2 Å². The first kappa shape index (κ1) is 15.9. The van der Waals surface area contributed by atoms with Crippen LogP contribution < -0.4 is 10.1 Å². The molecule has 0 aromatic heterocycles. The van der Waals surface area contributed by atoms with E-state index in [1.54, 1.807) is 13.1 Å². The average Bonchev–Trinajstić information content (AvgIpc) is 2.42. The Kier molecular flexibility index (Phi) is 4.96. The molecule has 2 nitrogen and oxygen atoms in total. The molecule has 0 spiro atoms. The zero-order chi connectivity index (χ0) is 15.6. The first-order valence-corrected chi connectivity index (χ1v) is 7.23. The number of rotatable bonds is 4. The van der Waals surface area contributed by atoms with Crippen LogP contribution in [-0.2, 0) is 0 Å². The maximum atomic E-state index is 13.6. The van der Waals surface area contributed by atoms with Gasteiger partial charge in [-0.2, -0.15) is 0 Å². The van der Waals surface area contributed by atoms with Gasteiger partial charge in [-0.15, -0.1) is 0 Å². The molecular weight excluding hydrogens is 340 g/mol. The van der Waals surface area contributed by atoms with Crippen molar-refractivity contribution in [3.63, 3.8) is 0 Å². The second kappa shape index (κ2) is 6.54. The molecule has 1 N–H and O–H groups in total. The molecule has 0 saturated carbocycles. The average molecular weight is 356 g/mol. The monoisotopic (exact) mass is 355 g/mol. The second-order valence-corrected chi connectivity index (χ2v) is 5.65.